The van der Waals surface area contributed by atoms with Gasteiger partial charge < -0.3 is 10.2 Å². The van der Waals surface area contributed by atoms with Gasteiger partial charge >= 0.3 is 0 Å². The number of benzene rings is 2. The molecule has 1 amide bonds. The second kappa shape index (κ2) is 7.69. The van der Waals surface area contributed by atoms with E-state index in [1.54, 1.807) is 7.05 Å². The second-order valence-electron chi connectivity index (χ2n) is 5.66. The summed E-state index contributed by atoms with van der Waals surface area (Å²) in [5.74, 6) is -1.69. The van der Waals surface area contributed by atoms with Gasteiger partial charge in [-0.25, -0.2) is 18.7 Å². The lowest BCUT2D eigenvalue weighted by atomic mass is 10.2. The van der Waals surface area contributed by atoms with Crippen LogP contribution in [-0.4, -0.2) is 27.8 Å². The van der Waals surface area contributed by atoms with Gasteiger partial charge in [-0.1, -0.05) is 30.3 Å². The monoisotopic (exact) mass is 354 g/mol. The Morgan fingerprint density at radius 2 is 1.88 bits per heavy atom. The average Bonchev–Trinajstić information content (AvgIpc) is 2.64. The van der Waals surface area contributed by atoms with E-state index >= 15 is 0 Å². The fraction of sp³-hybridized carbons (Fsp3) is 0.105. The van der Waals surface area contributed by atoms with Crippen LogP contribution in [-0.2, 0) is 6.54 Å². The fourth-order valence-electron chi connectivity index (χ4n) is 2.37. The third-order valence-electron chi connectivity index (χ3n) is 3.66. The lowest BCUT2D eigenvalue weighted by Crippen LogP contribution is -2.27. The quantitative estimate of drug-likeness (QED) is 0.758. The lowest BCUT2D eigenvalue weighted by molar-refractivity contribution is 0.0779. The van der Waals surface area contributed by atoms with E-state index in [0.717, 1.165) is 17.7 Å². The molecule has 7 heteroatoms. The van der Waals surface area contributed by atoms with Crippen LogP contribution in [0, 0.1) is 11.6 Å². The number of carbonyl (C=O) groups is 1. The van der Waals surface area contributed by atoms with Crippen molar-refractivity contribution in [1.82, 2.24) is 14.9 Å². The molecule has 0 fully saturated rings. The minimum Gasteiger partial charge on any atom is -0.336 e. The summed E-state index contributed by atoms with van der Waals surface area (Å²) in [4.78, 5) is 22.2. The third-order valence-corrected chi connectivity index (χ3v) is 3.66. The van der Waals surface area contributed by atoms with E-state index in [4.69, 9.17) is 0 Å². The van der Waals surface area contributed by atoms with Crippen molar-refractivity contribution in [2.45, 2.75) is 6.54 Å². The van der Waals surface area contributed by atoms with Crippen LogP contribution >= 0.6 is 0 Å². The minimum atomic E-state index is -0.772. The van der Waals surface area contributed by atoms with Crippen LogP contribution in [0.15, 0.2) is 60.8 Å². The molecule has 1 N–H and O–H groups in total. The molecule has 0 saturated carbocycles. The van der Waals surface area contributed by atoms with Crippen molar-refractivity contribution in [2.75, 3.05) is 12.4 Å². The molecule has 5 nitrogen and oxygen atoms in total. The molecule has 2 aromatic carbocycles. The number of anilines is 2. The molecule has 0 radical (unpaired) electrons. The van der Waals surface area contributed by atoms with Gasteiger partial charge in [-0.3, -0.25) is 4.79 Å². The number of aromatic nitrogens is 2. The van der Waals surface area contributed by atoms with Crippen LogP contribution in [0.2, 0.25) is 0 Å². The van der Waals surface area contributed by atoms with Crippen molar-refractivity contribution in [3.63, 3.8) is 0 Å². The highest BCUT2D eigenvalue weighted by Crippen LogP contribution is 2.18. The number of hydrogen-bond donors (Lipinski definition) is 1. The summed E-state index contributed by atoms with van der Waals surface area (Å²) in [7, 11) is 1.67. The molecule has 26 heavy (non-hydrogen) atoms. The van der Waals surface area contributed by atoms with Crippen molar-refractivity contribution >= 4 is 17.5 Å². The Hall–Kier alpha value is -3.35. The van der Waals surface area contributed by atoms with Gasteiger partial charge in [0.15, 0.2) is 0 Å². The molecule has 0 saturated heterocycles. The zero-order valence-electron chi connectivity index (χ0n) is 14.0. The Morgan fingerprint density at radius 1 is 1.12 bits per heavy atom. The first-order valence-corrected chi connectivity index (χ1v) is 7.87. The van der Waals surface area contributed by atoms with Crippen LogP contribution in [0.25, 0.3) is 0 Å². The number of nitrogens with zero attached hydrogens (tertiary/aromatic N) is 3. The Balaban J connectivity index is 1.74. The molecule has 3 rings (SSSR count). The Bertz CT molecular complexity index is 918. The first kappa shape index (κ1) is 17.5. The predicted molar refractivity (Wildman–Crippen MR) is 93.9 cm³/mol. The zero-order chi connectivity index (χ0) is 18.5. The largest absolute Gasteiger partial charge is 0.336 e. The first-order valence-electron chi connectivity index (χ1n) is 7.87. The van der Waals surface area contributed by atoms with Gasteiger partial charge in [0.05, 0.1) is 5.69 Å². The van der Waals surface area contributed by atoms with Gasteiger partial charge in [-0.05, 0) is 23.8 Å². The maximum Gasteiger partial charge on any atom is 0.272 e. The van der Waals surface area contributed by atoms with Gasteiger partial charge in [0.25, 0.3) is 5.91 Å². The molecule has 0 aliphatic heterocycles. The molecule has 0 unspecified atom stereocenters. The fourth-order valence-corrected chi connectivity index (χ4v) is 2.37. The van der Waals surface area contributed by atoms with E-state index in [0.29, 0.717) is 6.54 Å². The average molecular weight is 354 g/mol. The number of rotatable bonds is 5. The van der Waals surface area contributed by atoms with Gasteiger partial charge in [-0.2, -0.15) is 0 Å². The van der Waals surface area contributed by atoms with Crippen LogP contribution in [0.1, 0.15) is 16.1 Å². The van der Waals surface area contributed by atoms with Crippen LogP contribution in [0.3, 0.4) is 0 Å². The van der Waals surface area contributed by atoms with E-state index in [1.165, 1.54) is 23.2 Å². The highest BCUT2D eigenvalue weighted by molar-refractivity contribution is 5.92. The summed E-state index contributed by atoms with van der Waals surface area (Å²) in [5, 5.41) is 2.65. The van der Waals surface area contributed by atoms with Gasteiger partial charge in [0.1, 0.15) is 17.3 Å². The Labute approximate surface area is 149 Å². The summed E-state index contributed by atoms with van der Waals surface area (Å²) in [6, 6.07) is 14.2. The van der Waals surface area contributed by atoms with Crippen molar-refractivity contribution in [3.05, 3.63) is 83.7 Å². The summed E-state index contributed by atoms with van der Waals surface area (Å²) < 4.78 is 26.7. The molecular formula is C19H16F2N4O. The number of carbonyl (C=O) groups excluding carboxylic acids is 1. The summed E-state index contributed by atoms with van der Waals surface area (Å²) in [6.45, 7) is 0.430. The normalized spacial score (nSPS) is 10.4. The maximum absolute atomic E-state index is 13.7. The lowest BCUT2D eigenvalue weighted by Gasteiger charge is -2.17. The Morgan fingerprint density at radius 3 is 2.62 bits per heavy atom. The van der Waals surface area contributed by atoms with Crippen molar-refractivity contribution in [1.29, 1.82) is 0 Å². The number of amides is 1. The zero-order valence-corrected chi connectivity index (χ0v) is 14.0. The molecule has 0 aliphatic carbocycles. The van der Waals surface area contributed by atoms with E-state index in [1.807, 2.05) is 30.3 Å². The van der Waals surface area contributed by atoms with Crippen LogP contribution in [0.5, 0.6) is 0 Å². The van der Waals surface area contributed by atoms with E-state index in [-0.39, 0.29) is 23.2 Å². The molecular weight excluding hydrogens is 338 g/mol. The van der Waals surface area contributed by atoms with Crippen molar-refractivity contribution < 1.29 is 13.6 Å². The summed E-state index contributed by atoms with van der Waals surface area (Å²) in [6.07, 6.45) is 1.40. The van der Waals surface area contributed by atoms with E-state index in [9.17, 15) is 13.6 Å². The number of halogens is 2. The van der Waals surface area contributed by atoms with Gasteiger partial charge in [-0.15, -0.1) is 0 Å². The van der Waals surface area contributed by atoms with Crippen LogP contribution < -0.4 is 5.32 Å². The highest BCUT2D eigenvalue weighted by atomic mass is 19.1. The molecule has 1 aromatic heterocycles. The maximum atomic E-state index is 13.7. The smallest absolute Gasteiger partial charge is 0.272 e. The van der Waals surface area contributed by atoms with Gasteiger partial charge in [0.2, 0.25) is 5.95 Å². The number of nitrogens with one attached hydrogen (secondary N) is 1. The van der Waals surface area contributed by atoms with Gasteiger partial charge in [0, 0.05) is 25.9 Å². The molecule has 1 heterocycles. The number of hydrogen-bond acceptors (Lipinski definition) is 4. The second-order valence-corrected chi connectivity index (χ2v) is 5.66. The predicted octanol–water partition coefficient (Wildman–Crippen LogP) is 3.77. The molecule has 3 aromatic rings. The molecule has 0 spiro atoms. The van der Waals surface area contributed by atoms with Crippen molar-refractivity contribution in [3.8, 4) is 0 Å². The van der Waals surface area contributed by atoms with Crippen LogP contribution in [0.4, 0.5) is 20.4 Å². The third kappa shape index (κ3) is 4.18. The van der Waals surface area contributed by atoms with E-state index in [2.05, 4.69) is 15.3 Å². The topological polar surface area (TPSA) is 58.1 Å². The summed E-state index contributed by atoms with van der Waals surface area (Å²) in [5.41, 5.74) is 1.18. The highest BCUT2D eigenvalue weighted by Gasteiger charge is 2.15. The molecule has 0 aliphatic rings. The minimum absolute atomic E-state index is 0.0219. The molecule has 132 valence electrons. The van der Waals surface area contributed by atoms with E-state index < -0.39 is 11.6 Å². The van der Waals surface area contributed by atoms with Crippen molar-refractivity contribution in [2.24, 2.45) is 0 Å². The standard InChI is InChI=1S/C19H16F2N4O/c1-25(12-13-5-3-2-4-6-13)18(26)17-9-10-22-19(24-17)23-16-8-7-14(20)11-15(16)21/h2-11H,12H2,1H3,(H,22,23,24). The molecule has 0 bridgehead atoms. The first-order chi connectivity index (χ1) is 12.5. The molecule has 0 atom stereocenters. The SMILES string of the molecule is CN(Cc1ccccc1)C(=O)c1ccnc(Nc2ccc(F)cc2F)n1. The Kier molecular flexibility index (Phi) is 5.17. The summed E-state index contributed by atoms with van der Waals surface area (Å²) >= 11 is 0.